The summed E-state index contributed by atoms with van der Waals surface area (Å²) < 4.78 is 25.0. The highest BCUT2D eigenvalue weighted by molar-refractivity contribution is 7.89. The Morgan fingerprint density at radius 2 is 2.24 bits per heavy atom. The maximum Gasteiger partial charge on any atom is 0.322 e. The summed E-state index contributed by atoms with van der Waals surface area (Å²) in [4.78, 5) is 21.1. The third kappa shape index (κ3) is 3.53. The first-order chi connectivity index (χ1) is 7.83. The van der Waals surface area contributed by atoms with Crippen LogP contribution >= 0.6 is 0 Å². The van der Waals surface area contributed by atoms with Gasteiger partial charge in [-0.3, -0.25) is 14.7 Å². The summed E-state index contributed by atoms with van der Waals surface area (Å²) in [6, 6.07) is -1.60. The number of nitrogens with two attached hydrogens (primary N) is 1. The number of H-pyrrole nitrogens is 1. The van der Waals surface area contributed by atoms with E-state index in [0.29, 0.717) is 0 Å². The highest BCUT2D eigenvalue weighted by atomic mass is 32.2. The molecule has 5 N–H and O–H groups in total. The first-order valence-electron chi connectivity index (χ1n) is 4.35. The van der Waals surface area contributed by atoms with E-state index in [9.17, 15) is 18.0 Å². The van der Waals surface area contributed by atoms with Crippen molar-refractivity contribution >= 4 is 21.9 Å². The molecular formula is C7H10N4O5S. The zero-order valence-electron chi connectivity index (χ0n) is 8.45. The number of hydrogen-bond acceptors (Lipinski definition) is 5. The standard InChI is InChI=1S/C7H10N4O5S/c8-6(12)1-5(7(13)14)11-17(15,16)4-2-9-10-3-4/h2-3,5,11H,1H2,(H2,8,12)(H,9,10)(H,13,14). The van der Waals surface area contributed by atoms with Crippen LogP contribution < -0.4 is 10.5 Å². The highest BCUT2D eigenvalue weighted by Crippen LogP contribution is 2.06. The van der Waals surface area contributed by atoms with Gasteiger partial charge in [-0.2, -0.15) is 9.82 Å². The predicted octanol–water partition coefficient (Wildman–Crippen LogP) is -1.98. The quantitative estimate of drug-likeness (QED) is 0.465. The number of amides is 1. The zero-order chi connectivity index (χ0) is 13.1. The van der Waals surface area contributed by atoms with Gasteiger partial charge in [-0.25, -0.2) is 8.42 Å². The Hall–Kier alpha value is -1.94. The molecule has 94 valence electrons. The molecule has 0 fully saturated rings. The van der Waals surface area contributed by atoms with E-state index in [-0.39, 0.29) is 4.90 Å². The lowest BCUT2D eigenvalue weighted by Crippen LogP contribution is -2.43. The maximum absolute atomic E-state index is 11.6. The van der Waals surface area contributed by atoms with Crippen LogP contribution in [0, 0.1) is 0 Å². The summed E-state index contributed by atoms with van der Waals surface area (Å²) in [5.41, 5.74) is 4.81. The van der Waals surface area contributed by atoms with E-state index < -0.39 is 34.4 Å². The number of primary amides is 1. The Bertz CT molecular complexity index is 508. The minimum Gasteiger partial charge on any atom is -0.480 e. The van der Waals surface area contributed by atoms with E-state index in [2.05, 4.69) is 10.2 Å². The van der Waals surface area contributed by atoms with E-state index in [1.54, 1.807) is 0 Å². The second-order valence-electron chi connectivity index (χ2n) is 3.12. The van der Waals surface area contributed by atoms with Crippen molar-refractivity contribution in [3.8, 4) is 0 Å². The van der Waals surface area contributed by atoms with Gasteiger partial charge in [0, 0.05) is 6.20 Å². The molecule has 17 heavy (non-hydrogen) atoms. The number of sulfonamides is 1. The molecule has 1 amide bonds. The van der Waals surface area contributed by atoms with Crippen LogP contribution in [0.4, 0.5) is 0 Å². The Balaban J connectivity index is 2.87. The molecule has 0 spiro atoms. The zero-order valence-corrected chi connectivity index (χ0v) is 9.27. The Morgan fingerprint density at radius 1 is 1.59 bits per heavy atom. The third-order valence-electron chi connectivity index (χ3n) is 1.78. The second-order valence-corrected chi connectivity index (χ2v) is 4.83. The number of aliphatic carboxylic acids is 1. The average Bonchev–Trinajstić information content (AvgIpc) is 2.68. The molecule has 10 heteroatoms. The van der Waals surface area contributed by atoms with E-state index in [1.807, 2.05) is 4.72 Å². The van der Waals surface area contributed by atoms with Crippen molar-refractivity contribution in [2.45, 2.75) is 17.4 Å². The van der Waals surface area contributed by atoms with Gasteiger partial charge in [-0.1, -0.05) is 0 Å². The SMILES string of the molecule is NC(=O)CC(NS(=O)(=O)c1cn[nH]c1)C(=O)O. The summed E-state index contributed by atoms with van der Waals surface area (Å²) in [7, 11) is -4.04. The lowest BCUT2D eigenvalue weighted by molar-refractivity contribution is -0.140. The molecule has 0 aliphatic carbocycles. The molecule has 0 aromatic carbocycles. The van der Waals surface area contributed by atoms with Crippen molar-refractivity contribution in [3.63, 3.8) is 0 Å². The summed E-state index contributed by atoms with van der Waals surface area (Å²) in [5.74, 6) is -2.41. The smallest absolute Gasteiger partial charge is 0.322 e. The number of nitrogens with zero attached hydrogens (tertiary/aromatic N) is 1. The monoisotopic (exact) mass is 262 g/mol. The highest BCUT2D eigenvalue weighted by Gasteiger charge is 2.27. The molecule has 1 unspecified atom stereocenters. The van der Waals surface area contributed by atoms with Crippen LogP contribution in [-0.4, -0.2) is 41.6 Å². The number of aromatic amines is 1. The first-order valence-corrected chi connectivity index (χ1v) is 5.83. The normalized spacial score (nSPS) is 13.2. The Labute approximate surface area is 96.1 Å². The molecule has 1 atom stereocenters. The van der Waals surface area contributed by atoms with Crippen LogP contribution in [0.15, 0.2) is 17.3 Å². The summed E-state index contributed by atoms with van der Waals surface area (Å²) >= 11 is 0. The van der Waals surface area contributed by atoms with Gasteiger partial charge in [0.05, 0.1) is 12.6 Å². The molecule has 0 aliphatic rings. The maximum atomic E-state index is 11.6. The number of carboxylic acids is 1. The number of nitrogens with one attached hydrogen (secondary N) is 2. The number of hydrogen-bond donors (Lipinski definition) is 4. The summed E-state index contributed by atoms with van der Waals surface area (Å²) in [6.07, 6.45) is 1.45. The summed E-state index contributed by atoms with van der Waals surface area (Å²) in [5, 5.41) is 14.4. The average molecular weight is 262 g/mol. The number of aromatic nitrogens is 2. The number of carbonyl (C=O) groups is 2. The van der Waals surface area contributed by atoms with Crippen molar-refractivity contribution in [1.29, 1.82) is 0 Å². The van der Waals surface area contributed by atoms with Gasteiger partial charge in [0.15, 0.2) is 0 Å². The van der Waals surface area contributed by atoms with Crippen LogP contribution in [0.1, 0.15) is 6.42 Å². The molecule has 1 aromatic heterocycles. The van der Waals surface area contributed by atoms with Crippen LogP contribution in [-0.2, 0) is 19.6 Å². The predicted molar refractivity (Wildman–Crippen MR) is 54.1 cm³/mol. The van der Waals surface area contributed by atoms with Gasteiger partial charge in [0.1, 0.15) is 10.9 Å². The van der Waals surface area contributed by atoms with Crippen molar-refractivity contribution in [2.24, 2.45) is 5.73 Å². The Morgan fingerprint density at radius 3 is 2.65 bits per heavy atom. The van der Waals surface area contributed by atoms with Gasteiger partial charge in [-0.15, -0.1) is 0 Å². The van der Waals surface area contributed by atoms with Crippen LogP contribution in [0.25, 0.3) is 0 Å². The molecule has 9 nitrogen and oxygen atoms in total. The molecule has 1 aromatic rings. The fourth-order valence-electron chi connectivity index (χ4n) is 1.02. The largest absolute Gasteiger partial charge is 0.480 e. The molecule has 1 rings (SSSR count). The van der Waals surface area contributed by atoms with E-state index >= 15 is 0 Å². The van der Waals surface area contributed by atoms with Crippen LogP contribution in [0.5, 0.6) is 0 Å². The topological polar surface area (TPSA) is 155 Å². The molecular weight excluding hydrogens is 252 g/mol. The molecule has 0 radical (unpaired) electrons. The van der Waals surface area contributed by atoms with Crippen LogP contribution in [0.3, 0.4) is 0 Å². The first kappa shape index (κ1) is 13.1. The minimum atomic E-state index is -4.04. The van der Waals surface area contributed by atoms with Gasteiger partial charge in [0.25, 0.3) is 0 Å². The Kier molecular flexibility index (Phi) is 3.81. The molecule has 0 saturated heterocycles. The summed E-state index contributed by atoms with van der Waals surface area (Å²) in [6.45, 7) is 0. The number of carboxylic acid groups (broad SMARTS) is 1. The van der Waals surface area contributed by atoms with Crippen molar-refractivity contribution in [2.75, 3.05) is 0 Å². The minimum absolute atomic E-state index is 0.228. The van der Waals surface area contributed by atoms with E-state index in [0.717, 1.165) is 12.4 Å². The molecule has 0 saturated carbocycles. The second kappa shape index (κ2) is 4.93. The van der Waals surface area contributed by atoms with Crippen LogP contribution in [0.2, 0.25) is 0 Å². The van der Waals surface area contributed by atoms with Gasteiger partial charge in [0.2, 0.25) is 15.9 Å². The van der Waals surface area contributed by atoms with E-state index in [1.165, 1.54) is 0 Å². The lowest BCUT2D eigenvalue weighted by Gasteiger charge is -2.11. The van der Waals surface area contributed by atoms with Crippen molar-refractivity contribution < 1.29 is 23.1 Å². The van der Waals surface area contributed by atoms with Crippen molar-refractivity contribution in [3.05, 3.63) is 12.4 Å². The fraction of sp³-hybridized carbons (Fsp3) is 0.286. The van der Waals surface area contributed by atoms with E-state index in [4.69, 9.17) is 10.8 Å². The number of rotatable bonds is 6. The number of carbonyl (C=O) groups excluding carboxylic acids is 1. The van der Waals surface area contributed by atoms with Crippen molar-refractivity contribution in [1.82, 2.24) is 14.9 Å². The van der Waals surface area contributed by atoms with Gasteiger partial charge < -0.3 is 10.8 Å². The fourth-order valence-corrected chi connectivity index (χ4v) is 2.12. The molecule has 1 heterocycles. The van der Waals surface area contributed by atoms with Gasteiger partial charge in [-0.05, 0) is 0 Å². The lowest BCUT2D eigenvalue weighted by atomic mass is 10.2. The third-order valence-corrected chi connectivity index (χ3v) is 3.22. The molecule has 0 bridgehead atoms. The molecule has 0 aliphatic heterocycles. The van der Waals surface area contributed by atoms with Gasteiger partial charge >= 0.3 is 5.97 Å².